The maximum Gasteiger partial charge on any atom is 0.252 e. The van der Waals surface area contributed by atoms with Gasteiger partial charge in [-0.2, -0.15) is 4.31 Å². The Balaban J connectivity index is 1.60. The maximum absolute atomic E-state index is 13.3. The van der Waals surface area contributed by atoms with E-state index in [2.05, 4.69) is 5.32 Å². The zero-order chi connectivity index (χ0) is 23.4. The number of amides is 1. The fraction of sp³-hybridized carbons (Fsp3) is 0.269. The average Bonchev–Trinajstić information content (AvgIpc) is 2.83. The Morgan fingerprint density at radius 3 is 1.97 bits per heavy atom. The summed E-state index contributed by atoms with van der Waals surface area (Å²) < 4.78 is 33.6. The number of rotatable bonds is 6. The van der Waals surface area contributed by atoms with Gasteiger partial charge in [-0.1, -0.05) is 66.7 Å². The van der Waals surface area contributed by atoms with Gasteiger partial charge in [0.15, 0.2) is 0 Å². The van der Waals surface area contributed by atoms with Crippen molar-refractivity contribution in [3.8, 4) is 0 Å². The molecule has 0 aromatic heterocycles. The molecule has 6 nitrogen and oxygen atoms in total. The van der Waals surface area contributed by atoms with Gasteiger partial charge in [0.25, 0.3) is 5.91 Å². The fourth-order valence-corrected chi connectivity index (χ4v) is 5.78. The van der Waals surface area contributed by atoms with E-state index in [1.165, 1.54) is 16.4 Å². The molecule has 0 spiro atoms. The van der Waals surface area contributed by atoms with Crippen LogP contribution in [0.1, 0.15) is 41.4 Å². The molecule has 2 unspecified atom stereocenters. The average molecular weight is 465 g/mol. The van der Waals surface area contributed by atoms with Crippen LogP contribution in [0.15, 0.2) is 89.8 Å². The molecule has 172 valence electrons. The number of morpholine rings is 1. The second kappa shape index (κ2) is 9.87. The minimum Gasteiger partial charge on any atom is -0.373 e. The largest absolute Gasteiger partial charge is 0.373 e. The van der Waals surface area contributed by atoms with Gasteiger partial charge >= 0.3 is 0 Å². The number of nitrogens with zero attached hydrogens (tertiary/aromatic N) is 1. The Morgan fingerprint density at radius 1 is 0.879 bits per heavy atom. The van der Waals surface area contributed by atoms with Crippen LogP contribution in [0.5, 0.6) is 0 Å². The van der Waals surface area contributed by atoms with E-state index in [1.54, 1.807) is 12.1 Å². The van der Waals surface area contributed by atoms with Gasteiger partial charge < -0.3 is 10.1 Å². The predicted molar refractivity (Wildman–Crippen MR) is 127 cm³/mol. The zero-order valence-electron chi connectivity index (χ0n) is 18.7. The summed E-state index contributed by atoms with van der Waals surface area (Å²) in [5.41, 5.74) is 2.18. The quantitative estimate of drug-likeness (QED) is 0.598. The monoisotopic (exact) mass is 464 g/mol. The fourth-order valence-electron chi connectivity index (χ4n) is 4.14. The molecule has 1 saturated heterocycles. The SMILES string of the molecule is CC1CN(S(=O)(=O)c2cccc(C(=O)NC(c3ccccc3)c3ccccc3)c2)CC(C)O1. The first kappa shape index (κ1) is 23.2. The Bertz CT molecular complexity index is 1150. The topological polar surface area (TPSA) is 75.7 Å². The van der Waals surface area contributed by atoms with E-state index in [0.29, 0.717) is 5.56 Å². The molecule has 7 heteroatoms. The summed E-state index contributed by atoms with van der Waals surface area (Å²) in [6, 6.07) is 25.2. The lowest BCUT2D eigenvalue weighted by Crippen LogP contribution is -2.48. The first-order valence-corrected chi connectivity index (χ1v) is 12.4. The third-order valence-corrected chi connectivity index (χ3v) is 7.49. The Labute approximate surface area is 195 Å². The van der Waals surface area contributed by atoms with Gasteiger partial charge in [0, 0.05) is 18.7 Å². The van der Waals surface area contributed by atoms with Crippen molar-refractivity contribution < 1.29 is 17.9 Å². The molecule has 0 aliphatic carbocycles. The number of ether oxygens (including phenoxy) is 1. The number of carbonyl (C=O) groups excluding carboxylic acids is 1. The molecule has 1 amide bonds. The summed E-state index contributed by atoms with van der Waals surface area (Å²) in [7, 11) is -3.74. The van der Waals surface area contributed by atoms with Gasteiger partial charge in [0.1, 0.15) is 0 Å². The Hall–Kier alpha value is -3.00. The predicted octanol–water partition coefficient (Wildman–Crippen LogP) is 4.00. The molecule has 0 saturated carbocycles. The minimum absolute atomic E-state index is 0.104. The van der Waals surface area contributed by atoms with Crippen molar-refractivity contribution in [3.63, 3.8) is 0 Å². The van der Waals surface area contributed by atoms with Crippen molar-refractivity contribution in [2.24, 2.45) is 0 Å². The van der Waals surface area contributed by atoms with Gasteiger partial charge in [-0.25, -0.2) is 8.42 Å². The van der Waals surface area contributed by atoms with Gasteiger partial charge in [-0.15, -0.1) is 0 Å². The van der Waals surface area contributed by atoms with Gasteiger partial charge in [0.2, 0.25) is 10.0 Å². The molecule has 3 aromatic carbocycles. The molecule has 1 heterocycles. The lowest BCUT2D eigenvalue weighted by Gasteiger charge is -2.34. The molecule has 2 atom stereocenters. The molecule has 1 aliphatic rings. The highest BCUT2D eigenvalue weighted by atomic mass is 32.2. The highest BCUT2D eigenvalue weighted by Gasteiger charge is 2.32. The van der Waals surface area contributed by atoms with Crippen LogP contribution in [-0.4, -0.2) is 43.9 Å². The van der Waals surface area contributed by atoms with Crippen molar-refractivity contribution in [3.05, 3.63) is 102 Å². The Morgan fingerprint density at radius 2 is 1.42 bits per heavy atom. The van der Waals surface area contributed by atoms with Crippen molar-refractivity contribution in [1.29, 1.82) is 0 Å². The summed E-state index contributed by atoms with van der Waals surface area (Å²) in [4.78, 5) is 13.3. The molecular formula is C26H28N2O4S. The summed E-state index contributed by atoms with van der Waals surface area (Å²) in [6.07, 6.45) is -0.375. The van der Waals surface area contributed by atoms with E-state index in [1.807, 2.05) is 74.5 Å². The van der Waals surface area contributed by atoms with Crippen LogP contribution in [-0.2, 0) is 14.8 Å². The molecule has 0 radical (unpaired) electrons. The smallest absolute Gasteiger partial charge is 0.252 e. The van der Waals surface area contributed by atoms with E-state index < -0.39 is 10.0 Å². The van der Waals surface area contributed by atoms with E-state index in [4.69, 9.17) is 4.74 Å². The Kier molecular flexibility index (Phi) is 6.93. The van der Waals surface area contributed by atoms with Crippen LogP contribution in [0.2, 0.25) is 0 Å². The van der Waals surface area contributed by atoms with Crippen molar-refractivity contribution in [2.45, 2.75) is 37.0 Å². The summed E-state index contributed by atoms with van der Waals surface area (Å²) in [6.45, 7) is 4.28. The maximum atomic E-state index is 13.3. The number of nitrogens with one attached hydrogen (secondary N) is 1. The standard InChI is InChI=1S/C26H28N2O4S/c1-19-17-28(18-20(2)32-19)33(30,31)24-15-9-14-23(16-24)26(29)27-25(21-10-5-3-6-11-21)22-12-7-4-8-13-22/h3-16,19-20,25H,17-18H2,1-2H3,(H,27,29). The van der Waals surface area contributed by atoms with Gasteiger partial charge in [-0.3, -0.25) is 4.79 Å². The normalized spacial score (nSPS) is 19.4. The molecule has 3 aromatic rings. The van der Waals surface area contributed by atoms with E-state index in [9.17, 15) is 13.2 Å². The lowest BCUT2D eigenvalue weighted by atomic mass is 9.98. The van der Waals surface area contributed by atoms with E-state index in [0.717, 1.165) is 11.1 Å². The summed E-state index contributed by atoms with van der Waals surface area (Å²) >= 11 is 0. The molecule has 1 aliphatic heterocycles. The summed E-state index contributed by atoms with van der Waals surface area (Å²) in [5, 5.41) is 3.07. The van der Waals surface area contributed by atoms with Crippen LogP contribution >= 0.6 is 0 Å². The van der Waals surface area contributed by atoms with Gasteiger partial charge in [-0.05, 0) is 43.2 Å². The van der Waals surface area contributed by atoms with Crippen LogP contribution < -0.4 is 5.32 Å². The molecule has 0 bridgehead atoms. The van der Waals surface area contributed by atoms with E-state index in [-0.39, 0.29) is 42.1 Å². The third-order valence-electron chi connectivity index (χ3n) is 5.66. The lowest BCUT2D eigenvalue weighted by molar-refractivity contribution is -0.0440. The second-order valence-electron chi connectivity index (χ2n) is 8.34. The highest BCUT2D eigenvalue weighted by Crippen LogP contribution is 2.24. The summed E-state index contributed by atoms with van der Waals surface area (Å²) in [5.74, 6) is -0.339. The van der Waals surface area contributed by atoms with Crippen LogP contribution in [0.4, 0.5) is 0 Å². The first-order valence-electron chi connectivity index (χ1n) is 11.0. The number of benzene rings is 3. The van der Waals surface area contributed by atoms with Crippen molar-refractivity contribution in [2.75, 3.05) is 13.1 Å². The van der Waals surface area contributed by atoms with Crippen molar-refractivity contribution >= 4 is 15.9 Å². The zero-order valence-corrected chi connectivity index (χ0v) is 19.5. The first-order chi connectivity index (χ1) is 15.8. The molecule has 1 N–H and O–H groups in total. The third kappa shape index (κ3) is 5.33. The number of sulfonamides is 1. The van der Waals surface area contributed by atoms with E-state index >= 15 is 0 Å². The van der Waals surface area contributed by atoms with Crippen molar-refractivity contribution in [1.82, 2.24) is 9.62 Å². The highest BCUT2D eigenvalue weighted by molar-refractivity contribution is 7.89. The van der Waals surface area contributed by atoms with Crippen LogP contribution in [0, 0.1) is 0 Å². The second-order valence-corrected chi connectivity index (χ2v) is 10.3. The van der Waals surface area contributed by atoms with Crippen LogP contribution in [0.25, 0.3) is 0 Å². The number of hydrogen-bond donors (Lipinski definition) is 1. The van der Waals surface area contributed by atoms with Crippen LogP contribution in [0.3, 0.4) is 0 Å². The minimum atomic E-state index is -3.74. The van der Waals surface area contributed by atoms with Gasteiger partial charge in [0.05, 0.1) is 23.1 Å². The number of hydrogen-bond acceptors (Lipinski definition) is 4. The molecule has 4 rings (SSSR count). The molecule has 1 fully saturated rings. The molecule has 33 heavy (non-hydrogen) atoms. The number of carbonyl (C=O) groups is 1. The molecular weight excluding hydrogens is 436 g/mol.